The number of nitrogens with zero attached hydrogens (tertiary/aromatic N) is 1. The van der Waals surface area contributed by atoms with Crippen LogP contribution in [0.2, 0.25) is 0 Å². The first kappa shape index (κ1) is 7.07. The molecule has 1 spiro atoms. The molecule has 11 heavy (non-hydrogen) atoms. The molecule has 0 aromatic rings. The molecule has 2 fully saturated rings. The van der Waals surface area contributed by atoms with E-state index in [-0.39, 0.29) is 11.3 Å². The highest BCUT2D eigenvalue weighted by atomic mass is 19.1. The van der Waals surface area contributed by atoms with E-state index in [2.05, 4.69) is 0 Å². The van der Waals surface area contributed by atoms with Crippen LogP contribution in [0.4, 0.5) is 4.39 Å². The van der Waals surface area contributed by atoms with Crippen molar-refractivity contribution < 1.29 is 9.18 Å². The Kier molecular flexibility index (Phi) is 1.26. The summed E-state index contributed by atoms with van der Waals surface area (Å²) in [4.78, 5) is 12.6. The van der Waals surface area contributed by atoms with Gasteiger partial charge < -0.3 is 4.90 Å². The summed E-state index contributed by atoms with van der Waals surface area (Å²) in [6.45, 7) is 3.16. The Balaban J connectivity index is 1.84. The van der Waals surface area contributed by atoms with Crippen LogP contribution in [0.25, 0.3) is 0 Å². The smallest absolute Gasteiger partial charge is 0.219 e. The number of carbonyl (C=O) groups is 1. The Morgan fingerprint density at radius 3 is 2.45 bits per heavy atom. The maximum absolute atomic E-state index is 12.5. The first-order valence-electron chi connectivity index (χ1n) is 4.01. The Hall–Kier alpha value is -0.600. The van der Waals surface area contributed by atoms with Gasteiger partial charge in [-0.3, -0.25) is 4.79 Å². The summed E-state index contributed by atoms with van der Waals surface area (Å²) < 4.78 is 12.5. The van der Waals surface area contributed by atoms with Crippen molar-refractivity contribution in [3.63, 3.8) is 0 Å². The van der Waals surface area contributed by atoms with E-state index in [1.807, 2.05) is 0 Å². The summed E-state index contributed by atoms with van der Waals surface area (Å²) >= 11 is 0. The van der Waals surface area contributed by atoms with Gasteiger partial charge in [-0.05, 0) is 12.8 Å². The fraction of sp³-hybridized carbons (Fsp3) is 0.875. The summed E-state index contributed by atoms with van der Waals surface area (Å²) in [6, 6.07) is 0. The van der Waals surface area contributed by atoms with Gasteiger partial charge in [0, 0.05) is 25.4 Å². The summed E-state index contributed by atoms with van der Waals surface area (Å²) in [5.41, 5.74) is 0.199. The molecule has 0 bridgehead atoms. The zero-order valence-electron chi connectivity index (χ0n) is 6.64. The van der Waals surface area contributed by atoms with E-state index in [1.54, 1.807) is 11.8 Å². The Morgan fingerprint density at radius 1 is 1.55 bits per heavy atom. The number of hydrogen-bond donors (Lipinski definition) is 0. The predicted octanol–water partition coefficient (Wildman–Crippen LogP) is 0.967. The van der Waals surface area contributed by atoms with Crippen LogP contribution >= 0.6 is 0 Å². The standard InChI is InChI=1S/C8H12FNO/c1-6(11)10-4-8(5-10)2-7(9)3-8/h7H,2-5H2,1H3. The van der Waals surface area contributed by atoms with Crippen molar-refractivity contribution >= 4 is 5.91 Å². The van der Waals surface area contributed by atoms with Crippen molar-refractivity contribution in [2.75, 3.05) is 13.1 Å². The SMILES string of the molecule is CC(=O)N1CC2(CC(F)C2)C1. The van der Waals surface area contributed by atoms with Gasteiger partial charge in [-0.25, -0.2) is 4.39 Å². The summed E-state index contributed by atoms with van der Waals surface area (Å²) in [7, 11) is 0. The predicted molar refractivity (Wildman–Crippen MR) is 38.8 cm³/mol. The zero-order chi connectivity index (χ0) is 8.06. The molecule has 3 heteroatoms. The number of hydrogen-bond acceptors (Lipinski definition) is 1. The number of halogens is 1. The quantitative estimate of drug-likeness (QED) is 0.513. The van der Waals surface area contributed by atoms with Crippen molar-refractivity contribution in [1.29, 1.82) is 0 Å². The van der Waals surface area contributed by atoms with Gasteiger partial charge in [-0.1, -0.05) is 0 Å². The van der Waals surface area contributed by atoms with Gasteiger partial charge >= 0.3 is 0 Å². The molecule has 0 aromatic heterocycles. The van der Waals surface area contributed by atoms with Crippen LogP contribution in [0.1, 0.15) is 19.8 Å². The molecule has 0 unspecified atom stereocenters. The molecule has 0 atom stereocenters. The Labute approximate surface area is 65.4 Å². The average molecular weight is 157 g/mol. The van der Waals surface area contributed by atoms with E-state index in [4.69, 9.17) is 0 Å². The monoisotopic (exact) mass is 157 g/mol. The van der Waals surface area contributed by atoms with Gasteiger partial charge in [-0.15, -0.1) is 0 Å². The average Bonchev–Trinajstić information content (AvgIpc) is 1.73. The molecule has 0 radical (unpaired) electrons. The third kappa shape index (κ3) is 0.940. The van der Waals surface area contributed by atoms with Crippen LogP contribution in [-0.4, -0.2) is 30.1 Å². The highest BCUT2D eigenvalue weighted by Gasteiger charge is 2.53. The van der Waals surface area contributed by atoms with Crippen molar-refractivity contribution in [3.05, 3.63) is 0 Å². The van der Waals surface area contributed by atoms with E-state index in [9.17, 15) is 9.18 Å². The molecule has 1 amide bonds. The minimum absolute atomic E-state index is 0.123. The van der Waals surface area contributed by atoms with Crippen LogP contribution in [0.5, 0.6) is 0 Å². The molecule has 0 N–H and O–H groups in total. The van der Waals surface area contributed by atoms with E-state index >= 15 is 0 Å². The number of amides is 1. The van der Waals surface area contributed by atoms with Crippen LogP contribution < -0.4 is 0 Å². The van der Waals surface area contributed by atoms with Gasteiger partial charge in [0.15, 0.2) is 0 Å². The van der Waals surface area contributed by atoms with E-state index in [0.717, 1.165) is 13.1 Å². The molecule has 1 aliphatic heterocycles. The molecule has 1 aliphatic carbocycles. The summed E-state index contributed by atoms with van der Waals surface area (Å²) in [6.07, 6.45) is 0.761. The van der Waals surface area contributed by atoms with Crippen molar-refractivity contribution in [3.8, 4) is 0 Å². The molecule has 1 saturated carbocycles. The molecular formula is C8H12FNO. The van der Waals surface area contributed by atoms with Gasteiger partial charge in [-0.2, -0.15) is 0 Å². The molecule has 2 nitrogen and oxygen atoms in total. The van der Waals surface area contributed by atoms with Crippen molar-refractivity contribution in [2.24, 2.45) is 5.41 Å². The van der Waals surface area contributed by atoms with Gasteiger partial charge in [0.1, 0.15) is 6.17 Å². The topological polar surface area (TPSA) is 20.3 Å². The van der Waals surface area contributed by atoms with E-state index in [0.29, 0.717) is 12.8 Å². The normalized spacial score (nSPS) is 28.0. The maximum atomic E-state index is 12.5. The fourth-order valence-electron chi connectivity index (χ4n) is 2.12. The van der Waals surface area contributed by atoms with E-state index in [1.165, 1.54) is 0 Å². The van der Waals surface area contributed by atoms with Gasteiger partial charge in [0.05, 0.1) is 0 Å². The van der Waals surface area contributed by atoms with Crippen LogP contribution in [-0.2, 0) is 4.79 Å². The summed E-state index contributed by atoms with van der Waals surface area (Å²) in [5, 5.41) is 0. The lowest BCUT2D eigenvalue weighted by atomic mass is 9.62. The van der Waals surface area contributed by atoms with Gasteiger partial charge in [0.2, 0.25) is 5.91 Å². The fourth-order valence-corrected chi connectivity index (χ4v) is 2.12. The zero-order valence-corrected chi connectivity index (χ0v) is 6.64. The van der Waals surface area contributed by atoms with Crippen molar-refractivity contribution in [1.82, 2.24) is 4.90 Å². The minimum Gasteiger partial charge on any atom is -0.342 e. The second kappa shape index (κ2) is 1.96. The largest absolute Gasteiger partial charge is 0.342 e. The van der Waals surface area contributed by atoms with Crippen LogP contribution in [0.3, 0.4) is 0 Å². The highest BCUT2D eigenvalue weighted by Crippen LogP contribution is 2.49. The number of rotatable bonds is 0. The lowest BCUT2D eigenvalue weighted by Gasteiger charge is -2.56. The van der Waals surface area contributed by atoms with Crippen LogP contribution in [0.15, 0.2) is 0 Å². The molecule has 1 saturated heterocycles. The van der Waals surface area contributed by atoms with E-state index < -0.39 is 6.17 Å². The molecule has 62 valence electrons. The highest BCUT2D eigenvalue weighted by molar-refractivity contribution is 5.74. The van der Waals surface area contributed by atoms with Crippen LogP contribution in [0, 0.1) is 5.41 Å². The Morgan fingerprint density at radius 2 is 2.09 bits per heavy atom. The molecular weight excluding hydrogens is 145 g/mol. The second-order valence-electron chi connectivity index (χ2n) is 3.88. The molecule has 0 aromatic carbocycles. The minimum atomic E-state index is -0.593. The third-order valence-corrected chi connectivity index (χ3v) is 2.81. The molecule has 2 aliphatic rings. The lowest BCUT2D eigenvalue weighted by molar-refractivity contribution is -0.154. The van der Waals surface area contributed by atoms with Gasteiger partial charge in [0.25, 0.3) is 0 Å². The second-order valence-corrected chi connectivity index (χ2v) is 3.88. The Bertz CT molecular complexity index is 190. The molecule has 1 heterocycles. The first-order valence-corrected chi connectivity index (χ1v) is 4.01. The molecule has 2 rings (SSSR count). The number of alkyl halides is 1. The number of carbonyl (C=O) groups excluding carboxylic acids is 1. The lowest BCUT2D eigenvalue weighted by Crippen LogP contribution is -2.63. The van der Waals surface area contributed by atoms with Crippen molar-refractivity contribution in [2.45, 2.75) is 25.9 Å². The maximum Gasteiger partial charge on any atom is 0.219 e. The summed E-state index contributed by atoms with van der Waals surface area (Å²) in [5.74, 6) is 0.123. The third-order valence-electron chi connectivity index (χ3n) is 2.81. The first-order chi connectivity index (χ1) is 5.11. The number of likely N-dealkylation sites (tertiary alicyclic amines) is 1.